The Hall–Kier alpha value is -1.36. The standard InChI is InChI=1S/C15H14N2.HI/c1-11-6-7-12(2)13(9-11)14-10-17-8-4-3-5-15(17)16-14;/h3-10H,1-2H3;1H. The van der Waals surface area contributed by atoms with Crippen molar-refractivity contribution in [3.05, 3.63) is 59.9 Å². The lowest BCUT2D eigenvalue weighted by molar-refractivity contribution is 1.19. The molecule has 0 amide bonds. The number of hydrogen-bond donors (Lipinski definition) is 0. The van der Waals surface area contributed by atoms with E-state index in [9.17, 15) is 0 Å². The predicted octanol–water partition coefficient (Wildman–Crippen LogP) is 4.24. The summed E-state index contributed by atoms with van der Waals surface area (Å²) in [6, 6.07) is 12.5. The smallest absolute Gasteiger partial charge is 0.137 e. The van der Waals surface area contributed by atoms with Crippen molar-refractivity contribution in [3.63, 3.8) is 0 Å². The minimum absolute atomic E-state index is 0. The molecule has 0 unspecified atom stereocenters. The van der Waals surface area contributed by atoms with Gasteiger partial charge in [0.15, 0.2) is 0 Å². The van der Waals surface area contributed by atoms with Crippen molar-refractivity contribution in [3.8, 4) is 11.3 Å². The average molecular weight is 350 g/mol. The van der Waals surface area contributed by atoms with Crippen LogP contribution in [0.15, 0.2) is 48.8 Å². The highest BCUT2D eigenvalue weighted by atomic mass is 127. The summed E-state index contributed by atoms with van der Waals surface area (Å²) < 4.78 is 2.05. The van der Waals surface area contributed by atoms with Crippen LogP contribution in [0.5, 0.6) is 0 Å². The van der Waals surface area contributed by atoms with Crippen molar-refractivity contribution in [2.75, 3.05) is 0 Å². The van der Waals surface area contributed by atoms with Crippen LogP contribution >= 0.6 is 24.0 Å². The fraction of sp³-hybridized carbons (Fsp3) is 0.133. The number of rotatable bonds is 1. The number of aromatic nitrogens is 2. The van der Waals surface area contributed by atoms with Gasteiger partial charge in [-0.15, -0.1) is 24.0 Å². The second-order valence-electron chi connectivity index (χ2n) is 4.41. The van der Waals surface area contributed by atoms with E-state index >= 15 is 0 Å². The molecule has 2 aromatic heterocycles. The lowest BCUT2D eigenvalue weighted by atomic mass is 10.0. The van der Waals surface area contributed by atoms with E-state index in [0.717, 1.165) is 11.3 Å². The van der Waals surface area contributed by atoms with Crippen LogP contribution in [0.1, 0.15) is 11.1 Å². The molecule has 3 rings (SSSR count). The number of nitrogens with zero attached hydrogens (tertiary/aromatic N) is 2. The van der Waals surface area contributed by atoms with Crippen molar-refractivity contribution >= 4 is 29.6 Å². The van der Waals surface area contributed by atoms with Crippen LogP contribution in [-0.4, -0.2) is 9.38 Å². The SMILES string of the molecule is Cc1ccc(C)c(-c2cn3ccccc3n2)c1.I. The van der Waals surface area contributed by atoms with E-state index in [0.29, 0.717) is 0 Å². The number of halogens is 1. The summed E-state index contributed by atoms with van der Waals surface area (Å²) in [5.41, 5.74) is 5.77. The first-order chi connectivity index (χ1) is 8.24. The summed E-state index contributed by atoms with van der Waals surface area (Å²) in [4.78, 5) is 4.65. The maximum absolute atomic E-state index is 4.65. The predicted molar refractivity (Wildman–Crippen MR) is 85.5 cm³/mol. The normalized spacial score (nSPS) is 10.3. The maximum Gasteiger partial charge on any atom is 0.137 e. The molecule has 1 aromatic carbocycles. The number of benzene rings is 1. The van der Waals surface area contributed by atoms with Gasteiger partial charge in [-0.3, -0.25) is 0 Å². The summed E-state index contributed by atoms with van der Waals surface area (Å²) in [6.07, 6.45) is 4.11. The minimum atomic E-state index is 0. The Morgan fingerprint density at radius 2 is 1.89 bits per heavy atom. The lowest BCUT2D eigenvalue weighted by Gasteiger charge is -2.03. The van der Waals surface area contributed by atoms with Crippen LogP contribution in [0.4, 0.5) is 0 Å². The van der Waals surface area contributed by atoms with Gasteiger partial charge in [-0.05, 0) is 37.6 Å². The zero-order chi connectivity index (χ0) is 11.8. The Kier molecular flexibility index (Phi) is 3.71. The van der Waals surface area contributed by atoms with Crippen molar-refractivity contribution in [1.29, 1.82) is 0 Å². The van der Waals surface area contributed by atoms with Crippen molar-refractivity contribution in [2.24, 2.45) is 0 Å². The van der Waals surface area contributed by atoms with Gasteiger partial charge in [-0.2, -0.15) is 0 Å². The zero-order valence-electron chi connectivity index (χ0n) is 10.4. The maximum atomic E-state index is 4.65. The third-order valence-electron chi connectivity index (χ3n) is 3.03. The molecule has 0 atom stereocenters. The molecule has 0 aliphatic carbocycles. The van der Waals surface area contributed by atoms with Crippen molar-refractivity contribution < 1.29 is 0 Å². The van der Waals surface area contributed by atoms with Gasteiger partial charge in [-0.25, -0.2) is 4.98 Å². The molecule has 0 radical (unpaired) electrons. The summed E-state index contributed by atoms with van der Waals surface area (Å²) in [5, 5.41) is 0. The van der Waals surface area contributed by atoms with E-state index in [1.165, 1.54) is 16.7 Å². The van der Waals surface area contributed by atoms with Crippen LogP contribution in [0.2, 0.25) is 0 Å². The number of pyridine rings is 1. The van der Waals surface area contributed by atoms with E-state index < -0.39 is 0 Å². The summed E-state index contributed by atoms with van der Waals surface area (Å²) in [5.74, 6) is 0. The first-order valence-electron chi connectivity index (χ1n) is 5.75. The number of hydrogen-bond acceptors (Lipinski definition) is 1. The third kappa shape index (κ3) is 2.27. The second-order valence-corrected chi connectivity index (χ2v) is 4.41. The van der Waals surface area contributed by atoms with Crippen molar-refractivity contribution in [1.82, 2.24) is 9.38 Å². The topological polar surface area (TPSA) is 17.3 Å². The van der Waals surface area contributed by atoms with E-state index in [1.54, 1.807) is 0 Å². The Labute approximate surface area is 124 Å². The second kappa shape index (κ2) is 5.10. The van der Waals surface area contributed by atoms with Gasteiger partial charge >= 0.3 is 0 Å². The Bertz CT molecular complexity index is 653. The Balaban J connectivity index is 0.00000120. The first-order valence-corrected chi connectivity index (χ1v) is 5.75. The Morgan fingerprint density at radius 1 is 1.06 bits per heavy atom. The highest BCUT2D eigenvalue weighted by Crippen LogP contribution is 2.23. The molecule has 18 heavy (non-hydrogen) atoms. The van der Waals surface area contributed by atoms with Gasteiger partial charge in [0.05, 0.1) is 5.69 Å². The van der Waals surface area contributed by atoms with E-state index in [2.05, 4.69) is 47.6 Å². The van der Waals surface area contributed by atoms with Crippen LogP contribution < -0.4 is 0 Å². The molecule has 3 heteroatoms. The molecular weight excluding hydrogens is 335 g/mol. The molecule has 0 aliphatic rings. The number of fused-ring (bicyclic) bond motifs is 1. The van der Waals surface area contributed by atoms with Gasteiger partial charge in [0.1, 0.15) is 5.65 Å². The molecule has 3 aromatic rings. The number of aryl methyl sites for hydroxylation is 2. The molecule has 0 spiro atoms. The largest absolute Gasteiger partial charge is 0.306 e. The molecule has 0 aliphatic heterocycles. The molecule has 2 heterocycles. The lowest BCUT2D eigenvalue weighted by Crippen LogP contribution is -1.84. The highest BCUT2D eigenvalue weighted by Gasteiger charge is 2.06. The van der Waals surface area contributed by atoms with E-state index in [4.69, 9.17) is 0 Å². The highest BCUT2D eigenvalue weighted by molar-refractivity contribution is 14.0. The molecule has 92 valence electrons. The molecule has 2 nitrogen and oxygen atoms in total. The third-order valence-corrected chi connectivity index (χ3v) is 3.03. The first kappa shape index (κ1) is 13.1. The molecule has 0 fully saturated rings. The van der Waals surface area contributed by atoms with Gasteiger partial charge < -0.3 is 4.40 Å². The molecule has 0 saturated heterocycles. The summed E-state index contributed by atoms with van der Waals surface area (Å²) in [6.45, 7) is 4.23. The molecule has 0 saturated carbocycles. The fourth-order valence-corrected chi connectivity index (χ4v) is 2.08. The number of imidazole rings is 1. The molecule has 0 N–H and O–H groups in total. The Morgan fingerprint density at radius 3 is 2.67 bits per heavy atom. The minimum Gasteiger partial charge on any atom is -0.306 e. The molecule has 0 bridgehead atoms. The zero-order valence-corrected chi connectivity index (χ0v) is 12.8. The van der Waals surface area contributed by atoms with Crippen LogP contribution in [0.25, 0.3) is 16.9 Å². The fourth-order valence-electron chi connectivity index (χ4n) is 2.08. The van der Waals surface area contributed by atoms with E-state index in [1.807, 2.05) is 24.4 Å². The van der Waals surface area contributed by atoms with Crippen LogP contribution in [0, 0.1) is 13.8 Å². The van der Waals surface area contributed by atoms with Gasteiger partial charge in [0.2, 0.25) is 0 Å². The van der Waals surface area contributed by atoms with Gasteiger partial charge in [0.25, 0.3) is 0 Å². The van der Waals surface area contributed by atoms with Gasteiger partial charge in [-0.1, -0.05) is 23.8 Å². The van der Waals surface area contributed by atoms with E-state index in [-0.39, 0.29) is 24.0 Å². The van der Waals surface area contributed by atoms with Gasteiger partial charge in [0, 0.05) is 18.0 Å². The quantitative estimate of drug-likeness (QED) is 0.600. The monoisotopic (exact) mass is 350 g/mol. The molecular formula is C15H15IN2. The van der Waals surface area contributed by atoms with Crippen molar-refractivity contribution in [2.45, 2.75) is 13.8 Å². The van der Waals surface area contributed by atoms with Crippen LogP contribution in [-0.2, 0) is 0 Å². The summed E-state index contributed by atoms with van der Waals surface area (Å²) in [7, 11) is 0. The van der Waals surface area contributed by atoms with Crippen LogP contribution in [0.3, 0.4) is 0 Å². The average Bonchev–Trinajstić information content (AvgIpc) is 2.75. The summed E-state index contributed by atoms with van der Waals surface area (Å²) >= 11 is 0.